The highest BCUT2D eigenvalue weighted by Gasteiger charge is 2.19. The number of hydrogen-bond acceptors (Lipinski definition) is 8. The lowest BCUT2D eigenvalue weighted by Gasteiger charge is -2.03. The molecule has 4 rings (SSSR count). The lowest BCUT2D eigenvalue weighted by molar-refractivity contribution is 0.102. The molecule has 28 heavy (non-hydrogen) atoms. The maximum Gasteiger partial charge on any atom is 0.279 e. The van der Waals surface area contributed by atoms with Gasteiger partial charge in [0.25, 0.3) is 5.91 Å². The quantitative estimate of drug-likeness (QED) is 0.535. The van der Waals surface area contributed by atoms with E-state index in [9.17, 15) is 4.79 Å². The molecule has 0 fully saturated rings. The molecular formula is C18H19N7OS2. The number of amides is 1. The largest absolute Gasteiger partial charge is 0.296 e. The van der Waals surface area contributed by atoms with E-state index in [4.69, 9.17) is 0 Å². The Morgan fingerprint density at radius 1 is 1.25 bits per heavy atom. The Balaban J connectivity index is 1.54. The third-order valence-electron chi connectivity index (χ3n) is 4.54. The van der Waals surface area contributed by atoms with Crippen molar-refractivity contribution in [2.75, 3.05) is 5.32 Å². The molecule has 1 aromatic carbocycles. The number of anilines is 1. The number of nitrogens with zero attached hydrogens (tertiary/aromatic N) is 6. The molecule has 8 nitrogen and oxygen atoms in total. The second-order valence-corrected chi connectivity index (χ2v) is 8.39. The van der Waals surface area contributed by atoms with Crippen LogP contribution in [0.1, 0.15) is 52.9 Å². The molecule has 4 aromatic rings. The van der Waals surface area contributed by atoms with Crippen molar-refractivity contribution in [3.8, 4) is 0 Å². The number of fused-ring (bicyclic) bond motifs is 1. The lowest BCUT2D eigenvalue weighted by Crippen LogP contribution is -2.14. The van der Waals surface area contributed by atoms with Crippen LogP contribution in [0.25, 0.3) is 10.2 Å². The fourth-order valence-corrected chi connectivity index (χ4v) is 4.23. The van der Waals surface area contributed by atoms with Gasteiger partial charge >= 0.3 is 0 Å². The topological polar surface area (TPSA) is 98.5 Å². The van der Waals surface area contributed by atoms with Gasteiger partial charge in [-0.05, 0) is 37.5 Å². The first kappa shape index (κ1) is 18.6. The van der Waals surface area contributed by atoms with E-state index in [1.165, 1.54) is 16.9 Å². The summed E-state index contributed by atoms with van der Waals surface area (Å²) < 4.78 is 11.1. The molecule has 0 saturated carbocycles. The van der Waals surface area contributed by atoms with Gasteiger partial charge in [0.2, 0.25) is 0 Å². The number of benzene rings is 1. The standard InChI is InChI=1S/C18H19N7OS2/c1-9(2)12-5-6-13-15(7-12)27-18(19-13)20-17(26)16-11(4)25(24-21-16)8-14-10(3)22-28-23-14/h5-7,9H,8H2,1-4H3,(H,19,20,26). The van der Waals surface area contributed by atoms with Crippen molar-refractivity contribution in [2.24, 2.45) is 0 Å². The molecule has 0 radical (unpaired) electrons. The maximum atomic E-state index is 12.7. The number of nitrogens with one attached hydrogen (secondary N) is 1. The van der Waals surface area contributed by atoms with E-state index < -0.39 is 0 Å². The fourth-order valence-electron chi connectivity index (χ4n) is 2.77. The first-order chi connectivity index (χ1) is 13.4. The zero-order valence-corrected chi connectivity index (χ0v) is 17.6. The first-order valence-corrected chi connectivity index (χ1v) is 10.4. The van der Waals surface area contributed by atoms with Gasteiger partial charge in [-0.15, -0.1) is 5.10 Å². The summed E-state index contributed by atoms with van der Waals surface area (Å²) in [5.41, 5.74) is 4.77. The number of thiazole rings is 1. The molecule has 0 aliphatic heterocycles. The number of aromatic nitrogens is 6. The minimum Gasteiger partial charge on any atom is -0.296 e. The van der Waals surface area contributed by atoms with Crippen LogP contribution in [-0.2, 0) is 6.54 Å². The van der Waals surface area contributed by atoms with Gasteiger partial charge in [0.15, 0.2) is 10.8 Å². The molecule has 144 valence electrons. The minimum atomic E-state index is -0.319. The Morgan fingerprint density at radius 3 is 2.79 bits per heavy atom. The van der Waals surface area contributed by atoms with E-state index in [-0.39, 0.29) is 11.6 Å². The highest BCUT2D eigenvalue weighted by molar-refractivity contribution is 7.22. The smallest absolute Gasteiger partial charge is 0.279 e. The number of aryl methyl sites for hydroxylation is 1. The Kier molecular flexibility index (Phi) is 4.90. The number of hydrogen-bond donors (Lipinski definition) is 1. The van der Waals surface area contributed by atoms with Crippen molar-refractivity contribution in [1.29, 1.82) is 0 Å². The molecule has 0 saturated heterocycles. The molecular weight excluding hydrogens is 394 g/mol. The van der Waals surface area contributed by atoms with Gasteiger partial charge in [0.1, 0.15) is 0 Å². The summed E-state index contributed by atoms with van der Waals surface area (Å²) in [6.45, 7) is 8.46. The molecule has 3 aromatic heterocycles. The SMILES string of the molecule is Cc1nsnc1Cn1nnc(C(=O)Nc2nc3ccc(C(C)C)cc3s2)c1C. The van der Waals surface area contributed by atoms with Gasteiger partial charge in [0, 0.05) is 0 Å². The summed E-state index contributed by atoms with van der Waals surface area (Å²) in [7, 11) is 0. The van der Waals surface area contributed by atoms with Crippen LogP contribution in [0.2, 0.25) is 0 Å². The highest BCUT2D eigenvalue weighted by Crippen LogP contribution is 2.29. The molecule has 1 amide bonds. The van der Waals surface area contributed by atoms with Crippen LogP contribution in [0.4, 0.5) is 5.13 Å². The lowest BCUT2D eigenvalue weighted by atomic mass is 10.0. The first-order valence-electron chi connectivity index (χ1n) is 8.82. The highest BCUT2D eigenvalue weighted by atomic mass is 32.1. The predicted molar refractivity (Wildman–Crippen MR) is 110 cm³/mol. The monoisotopic (exact) mass is 413 g/mol. The Labute approximate surface area is 170 Å². The molecule has 0 unspecified atom stereocenters. The average molecular weight is 414 g/mol. The summed E-state index contributed by atoms with van der Waals surface area (Å²) in [5, 5.41) is 11.5. The van der Waals surface area contributed by atoms with Crippen LogP contribution in [0.3, 0.4) is 0 Å². The average Bonchev–Trinajstić information content (AvgIpc) is 3.34. The van der Waals surface area contributed by atoms with E-state index in [2.05, 4.69) is 55.3 Å². The second kappa shape index (κ2) is 7.36. The van der Waals surface area contributed by atoms with Gasteiger partial charge in [-0.3, -0.25) is 10.1 Å². The van der Waals surface area contributed by atoms with Crippen LogP contribution < -0.4 is 5.32 Å². The van der Waals surface area contributed by atoms with Gasteiger partial charge in [-0.25, -0.2) is 9.67 Å². The molecule has 10 heteroatoms. The van der Waals surface area contributed by atoms with E-state index in [0.29, 0.717) is 23.3 Å². The normalized spacial score (nSPS) is 11.5. The minimum absolute atomic E-state index is 0.281. The van der Waals surface area contributed by atoms with Crippen molar-refractivity contribution < 1.29 is 4.79 Å². The van der Waals surface area contributed by atoms with Crippen molar-refractivity contribution in [3.05, 3.63) is 46.5 Å². The van der Waals surface area contributed by atoms with Crippen LogP contribution in [-0.4, -0.2) is 34.6 Å². The summed E-state index contributed by atoms with van der Waals surface area (Å²) in [6.07, 6.45) is 0. The molecule has 1 N–H and O–H groups in total. The third kappa shape index (κ3) is 3.52. The number of carbonyl (C=O) groups excluding carboxylic acids is 1. The number of carbonyl (C=O) groups is 1. The molecule has 3 heterocycles. The van der Waals surface area contributed by atoms with E-state index >= 15 is 0 Å². The molecule has 0 aliphatic carbocycles. The molecule has 0 bridgehead atoms. The van der Waals surface area contributed by atoms with Crippen LogP contribution >= 0.6 is 23.1 Å². The third-order valence-corrected chi connectivity index (χ3v) is 6.13. The Bertz CT molecular complexity index is 1160. The second-order valence-electron chi connectivity index (χ2n) is 6.83. The van der Waals surface area contributed by atoms with Crippen LogP contribution in [0.15, 0.2) is 18.2 Å². The van der Waals surface area contributed by atoms with Crippen LogP contribution in [0, 0.1) is 13.8 Å². The summed E-state index contributed by atoms with van der Waals surface area (Å²) >= 11 is 2.62. The van der Waals surface area contributed by atoms with Crippen molar-refractivity contribution >= 4 is 44.3 Å². The molecule has 0 spiro atoms. The van der Waals surface area contributed by atoms with E-state index in [1.807, 2.05) is 19.9 Å². The van der Waals surface area contributed by atoms with Crippen molar-refractivity contribution in [3.63, 3.8) is 0 Å². The summed E-state index contributed by atoms with van der Waals surface area (Å²) in [6, 6.07) is 6.19. The summed E-state index contributed by atoms with van der Waals surface area (Å²) in [4.78, 5) is 17.2. The Morgan fingerprint density at radius 2 is 2.07 bits per heavy atom. The summed E-state index contributed by atoms with van der Waals surface area (Å²) in [5.74, 6) is 0.124. The van der Waals surface area contributed by atoms with E-state index in [0.717, 1.165) is 33.3 Å². The zero-order valence-electron chi connectivity index (χ0n) is 15.9. The van der Waals surface area contributed by atoms with Crippen molar-refractivity contribution in [2.45, 2.75) is 40.2 Å². The van der Waals surface area contributed by atoms with Gasteiger partial charge in [-0.1, -0.05) is 36.5 Å². The zero-order chi connectivity index (χ0) is 19.8. The van der Waals surface area contributed by atoms with Crippen molar-refractivity contribution in [1.82, 2.24) is 28.7 Å². The molecule has 0 atom stereocenters. The Hall–Kier alpha value is -2.72. The fraction of sp³-hybridized carbons (Fsp3) is 0.333. The van der Waals surface area contributed by atoms with Gasteiger partial charge in [0.05, 0.1) is 45.6 Å². The number of rotatable bonds is 5. The van der Waals surface area contributed by atoms with Gasteiger partial charge < -0.3 is 0 Å². The maximum absolute atomic E-state index is 12.7. The van der Waals surface area contributed by atoms with Crippen LogP contribution in [0.5, 0.6) is 0 Å². The van der Waals surface area contributed by atoms with E-state index in [1.54, 1.807) is 4.68 Å². The molecule has 0 aliphatic rings. The van der Waals surface area contributed by atoms with Gasteiger partial charge in [-0.2, -0.15) is 8.75 Å². The predicted octanol–water partition coefficient (Wildman–Crippen LogP) is 3.78.